The van der Waals surface area contributed by atoms with Crippen LogP contribution in [0.2, 0.25) is 0 Å². The molecule has 0 unspecified atom stereocenters. The summed E-state index contributed by atoms with van der Waals surface area (Å²) in [6.45, 7) is 5.78. The Labute approximate surface area is 197 Å². The Bertz CT molecular complexity index is 1340. The predicted octanol–water partition coefficient (Wildman–Crippen LogP) is 5.33. The van der Waals surface area contributed by atoms with E-state index in [9.17, 15) is 14.4 Å². The number of hydrogen-bond donors (Lipinski definition) is 0. The zero-order valence-electron chi connectivity index (χ0n) is 19.3. The molecule has 0 aliphatic carbocycles. The molecule has 0 amide bonds. The monoisotopic (exact) mass is 455 g/mol. The number of ether oxygens (including phenoxy) is 1. The summed E-state index contributed by atoms with van der Waals surface area (Å²) in [7, 11) is 0. The third-order valence-electron chi connectivity index (χ3n) is 5.81. The Kier molecular flexibility index (Phi) is 6.59. The van der Waals surface area contributed by atoms with Crippen LogP contribution >= 0.6 is 0 Å². The van der Waals surface area contributed by atoms with Crippen LogP contribution < -0.4 is 0 Å². The SMILES string of the molecule is Cc1ccc(C(=O)c2ccccc2C(=O)OCC(=O)c2cc(C)n(Cc3ccco3)c2C)cc1. The zero-order valence-corrected chi connectivity index (χ0v) is 19.3. The van der Waals surface area contributed by atoms with Crippen molar-refractivity contribution in [2.24, 2.45) is 0 Å². The van der Waals surface area contributed by atoms with Crippen LogP contribution in [-0.2, 0) is 11.3 Å². The van der Waals surface area contributed by atoms with E-state index in [1.54, 1.807) is 42.7 Å². The number of carbonyl (C=O) groups excluding carboxylic acids is 3. The molecule has 6 heteroatoms. The van der Waals surface area contributed by atoms with E-state index >= 15 is 0 Å². The van der Waals surface area contributed by atoms with Crippen LogP contribution in [0.15, 0.2) is 77.4 Å². The minimum atomic E-state index is -0.714. The summed E-state index contributed by atoms with van der Waals surface area (Å²) in [5.41, 5.74) is 4.03. The van der Waals surface area contributed by atoms with E-state index in [0.29, 0.717) is 17.7 Å². The van der Waals surface area contributed by atoms with E-state index in [4.69, 9.17) is 9.15 Å². The van der Waals surface area contributed by atoms with Crippen LogP contribution in [0, 0.1) is 20.8 Å². The Hall–Kier alpha value is -4.19. The van der Waals surface area contributed by atoms with Gasteiger partial charge in [0.15, 0.2) is 12.4 Å². The summed E-state index contributed by atoms with van der Waals surface area (Å²) >= 11 is 0. The van der Waals surface area contributed by atoms with Crippen LogP contribution in [-0.4, -0.2) is 28.7 Å². The maximum atomic E-state index is 13.0. The number of Topliss-reactive ketones (excluding diaryl/α,β-unsaturated/α-hetero) is 1. The Morgan fingerprint density at radius 3 is 2.24 bits per heavy atom. The number of hydrogen-bond acceptors (Lipinski definition) is 5. The van der Waals surface area contributed by atoms with Gasteiger partial charge in [-0.15, -0.1) is 0 Å². The topological polar surface area (TPSA) is 78.5 Å². The van der Waals surface area contributed by atoms with Gasteiger partial charge in [-0.05, 0) is 45.0 Å². The first kappa shape index (κ1) is 23.0. The lowest BCUT2D eigenvalue weighted by Gasteiger charge is -2.10. The van der Waals surface area contributed by atoms with Crippen LogP contribution in [0.4, 0.5) is 0 Å². The van der Waals surface area contributed by atoms with Crippen molar-refractivity contribution in [1.29, 1.82) is 0 Å². The summed E-state index contributed by atoms with van der Waals surface area (Å²) in [4.78, 5) is 38.6. The fourth-order valence-corrected chi connectivity index (χ4v) is 3.89. The van der Waals surface area contributed by atoms with Crippen molar-refractivity contribution >= 4 is 17.5 Å². The molecule has 0 bridgehead atoms. The molecule has 34 heavy (non-hydrogen) atoms. The molecule has 2 aromatic carbocycles. The molecule has 0 saturated heterocycles. The van der Waals surface area contributed by atoms with E-state index in [-0.39, 0.29) is 22.7 Å². The smallest absolute Gasteiger partial charge is 0.339 e. The molecule has 4 rings (SSSR count). The third kappa shape index (κ3) is 4.76. The molecule has 0 spiro atoms. The lowest BCUT2D eigenvalue weighted by molar-refractivity contribution is 0.0472. The average Bonchev–Trinajstić information content (AvgIpc) is 3.46. The van der Waals surface area contributed by atoms with Crippen molar-refractivity contribution < 1.29 is 23.5 Å². The van der Waals surface area contributed by atoms with Crippen LogP contribution in [0.1, 0.15) is 59.3 Å². The molecule has 0 fully saturated rings. The van der Waals surface area contributed by atoms with Gasteiger partial charge in [0.05, 0.1) is 18.4 Å². The highest BCUT2D eigenvalue weighted by Crippen LogP contribution is 2.20. The van der Waals surface area contributed by atoms with Crippen molar-refractivity contribution in [3.05, 3.63) is 118 Å². The summed E-state index contributed by atoms with van der Waals surface area (Å²) in [5, 5.41) is 0. The molecule has 0 aliphatic rings. The van der Waals surface area contributed by atoms with E-state index in [1.807, 2.05) is 49.6 Å². The van der Waals surface area contributed by atoms with E-state index in [0.717, 1.165) is 22.7 Å². The number of benzene rings is 2. The summed E-state index contributed by atoms with van der Waals surface area (Å²) in [5.74, 6) is -0.522. The standard InChI is InChI=1S/C28H25NO5/c1-18-10-12-21(13-11-18)27(31)23-8-4-5-9-24(23)28(32)34-17-26(30)25-15-19(2)29(20(25)3)16-22-7-6-14-33-22/h4-15H,16-17H2,1-3H3. The van der Waals surface area contributed by atoms with Gasteiger partial charge in [0.25, 0.3) is 0 Å². The van der Waals surface area contributed by atoms with Gasteiger partial charge in [0, 0.05) is 28.1 Å². The predicted molar refractivity (Wildman–Crippen MR) is 127 cm³/mol. The highest BCUT2D eigenvalue weighted by atomic mass is 16.5. The van der Waals surface area contributed by atoms with Gasteiger partial charge < -0.3 is 13.7 Å². The van der Waals surface area contributed by atoms with Crippen molar-refractivity contribution in [2.45, 2.75) is 27.3 Å². The lowest BCUT2D eigenvalue weighted by atomic mass is 9.98. The highest BCUT2D eigenvalue weighted by Gasteiger charge is 2.22. The molecule has 6 nitrogen and oxygen atoms in total. The molecule has 0 N–H and O–H groups in total. The highest BCUT2D eigenvalue weighted by molar-refractivity contribution is 6.14. The van der Waals surface area contributed by atoms with Crippen LogP contribution in [0.25, 0.3) is 0 Å². The molecule has 172 valence electrons. The van der Waals surface area contributed by atoms with Crippen LogP contribution in [0.3, 0.4) is 0 Å². The Balaban J connectivity index is 1.48. The van der Waals surface area contributed by atoms with Gasteiger partial charge in [-0.25, -0.2) is 4.79 Å². The number of esters is 1. The minimum absolute atomic E-state index is 0.129. The zero-order chi connectivity index (χ0) is 24.2. The summed E-state index contributed by atoms with van der Waals surface area (Å²) in [6, 6.07) is 19.1. The molecule has 4 aromatic rings. The second-order valence-corrected chi connectivity index (χ2v) is 8.19. The van der Waals surface area contributed by atoms with Gasteiger partial charge in [0.1, 0.15) is 5.76 Å². The van der Waals surface area contributed by atoms with Gasteiger partial charge in [0.2, 0.25) is 5.78 Å². The van der Waals surface area contributed by atoms with Gasteiger partial charge >= 0.3 is 5.97 Å². The Morgan fingerprint density at radius 1 is 0.853 bits per heavy atom. The first-order valence-electron chi connectivity index (χ1n) is 10.9. The van der Waals surface area contributed by atoms with E-state index in [2.05, 4.69) is 0 Å². The number of aromatic nitrogens is 1. The van der Waals surface area contributed by atoms with Gasteiger partial charge in [-0.1, -0.05) is 48.0 Å². The number of aryl methyl sites for hydroxylation is 2. The number of carbonyl (C=O) groups is 3. The summed E-state index contributed by atoms with van der Waals surface area (Å²) in [6.07, 6.45) is 1.61. The number of furan rings is 1. The Morgan fingerprint density at radius 2 is 1.56 bits per heavy atom. The maximum Gasteiger partial charge on any atom is 0.339 e. The third-order valence-corrected chi connectivity index (χ3v) is 5.81. The molecule has 0 aliphatic heterocycles. The first-order chi connectivity index (χ1) is 16.3. The normalized spacial score (nSPS) is 10.8. The van der Waals surface area contributed by atoms with Gasteiger partial charge in [-0.3, -0.25) is 9.59 Å². The second-order valence-electron chi connectivity index (χ2n) is 8.19. The first-order valence-corrected chi connectivity index (χ1v) is 10.9. The quantitative estimate of drug-likeness (QED) is 0.265. The molecule has 0 radical (unpaired) electrons. The van der Waals surface area contributed by atoms with Crippen molar-refractivity contribution in [2.75, 3.05) is 6.61 Å². The van der Waals surface area contributed by atoms with Crippen molar-refractivity contribution in [1.82, 2.24) is 4.57 Å². The van der Waals surface area contributed by atoms with E-state index in [1.165, 1.54) is 6.07 Å². The number of nitrogens with zero attached hydrogens (tertiary/aromatic N) is 1. The molecule has 0 saturated carbocycles. The molecule has 2 aromatic heterocycles. The maximum absolute atomic E-state index is 13.0. The summed E-state index contributed by atoms with van der Waals surface area (Å²) < 4.78 is 12.7. The molecular formula is C28H25NO5. The largest absolute Gasteiger partial charge is 0.467 e. The number of rotatable bonds is 8. The van der Waals surface area contributed by atoms with Crippen LogP contribution in [0.5, 0.6) is 0 Å². The van der Waals surface area contributed by atoms with Crippen molar-refractivity contribution in [3.63, 3.8) is 0 Å². The van der Waals surface area contributed by atoms with Crippen molar-refractivity contribution in [3.8, 4) is 0 Å². The fraction of sp³-hybridized carbons (Fsp3) is 0.179. The molecular weight excluding hydrogens is 430 g/mol. The second kappa shape index (κ2) is 9.75. The number of ketones is 2. The molecule has 0 atom stereocenters. The average molecular weight is 456 g/mol. The van der Waals surface area contributed by atoms with E-state index < -0.39 is 12.6 Å². The fourth-order valence-electron chi connectivity index (χ4n) is 3.89. The van der Waals surface area contributed by atoms with Gasteiger partial charge in [-0.2, -0.15) is 0 Å². The minimum Gasteiger partial charge on any atom is -0.467 e. The lowest BCUT2D eigenvalue weighted by Crippen LogP contribution is -2.17. The molecule has 2 heterocycles.